The number of thiophene rings is 1. The molecule has 0 saturated heterocycles. The van der Waals surface area contributed by atoms with Crippen LogP contribution < -0.4 is 5.32 Å². The van der Waals surface area contributed by atoms with Crippen molar-refractivity contribution in [3.05, 3.63) is 22.4 Å². The van der Waals surface area contributed by atoms with E-state index in [0.29, 0.717) is 0 Å². The van der Waals surface area contributed by atoms with Gasteiger partial charge in [0, 0.05) is 10.9 Å². The Kier molecular flexibility index (Phi) is 4.42. The topological polar surface area (TPSA) is 12.0 Å². The Morgan fingerprint density at radius 3 is 2.94 bits per heavy atom. The summed E-state index contributed by atoms with van der Waals surface area (Å²) < 4.78 is 0. The molecule has 1 N–H and O–H groups in total. The van der Waals surface area contributed by atoms with Gasteiger partial charge in [-0.15, -0.1) is 11.3 Å². The van der Waals surface area contributed by atoms with E-state index >= 15 is 0 Å². The molecule has 16 heavy (non-hydrogen) atoms. The number of hydrogen-bond acceptors (Lipinski definition) is 2. The van der Waals surface area contributed by atoms with E-state index < -0.39 is 0 Å². The molecule has 1 heterocycles. The maximum atomic E-state index is 3.53. The summed E-state index contributed by atoms with van der Waals surface area (Å²) in [5.74, 6) is 1.86. The normalized spacial score (nSPS) is 27.1. The summed E-state index contributed by atoms with van der Waals surface area (Å²) in [6.07, 6.45) is 6.83. The van der Waals surface area contributed by atoms with Gasteiger partial charge in [0.25, 0.3) is 0 Å². The molecule has 1 saturated carbocycles. The lowest BCUT2D eigenvalue weighted by molar-refractivity contribution is 0.352. The highest BCUT2D eigenvalue weighted by atomic mass is 32.1. The predicted molar refractivity (Wildman–Crippen MR) is 72.0 cm³/mol. The van der Waals surface area contributed by atoms with Gasteiger partial charge in [0.15, 0.2) is 0 Å². The highest BCUT2D eigenvalue weighted by molar-refractivity contribution is 7.09. The fraction of sp³-hybridized carbons (Fsp3) is 0.714. The van der Waals surface area contributed by atoms with E-state index in [0.717, 1.165) is 17.9 Å². The van der Waals surface area contributed by atoms with Gasteiger partial charge in [-0.3, -0.25) is 0 Å². The largest absolute Gasteiger partial charge is 0.317 e. The average molecular weight is 237 g/mol. The van der Waals surface area contributed by atoms with Crippen LogP contribution in [0.2, 0.25) is 0 Å². The lowest BCUT2D eigenvalue weighted by atomic mass is 9.93. The first kappa shape index (κ1) is 12.1. The molecule has 0 aliphatic heterocycles. The third-order valence-electron chi connectivity index (χ3n) is 3.96. The van der Waals surface area contributed by atoms with Gasteiger partial charge in [-0.25, -0.2) is 0 Å². The van der Waals surface area contributed by atoms with Gasteiger partial charge < -0.3 is 5.32 Å². The van der Waals surface area contributed by atoms with Gasteiger partial charge in [0.05, 0.1) is 0 Å². The second kappa shape index (κ2) is 5.83. The van der Waals surface area contributed by atoms with Crippen LogP contribution in [-0.2, 0) is 6.42 Å². The summed E-state index contributed by atoms with van der Waals surface area (Å²) in [5.41, 5.74) is 0. The number of rotatable bonds is 5. The molecule has 0 spiro atoms. The van der Waals surface area contributed by atoms with Gasteiger partial charge >= 0.3 is 0 Å². The zero-order valence-electron chi connectivity index (χ0n) is 10.4. The molecule has 3 atom stereocenters. The van der Waals surface area contributed by atoms with Crippen LogP contribution in [0, 0.1) is 11.8 Å². The van der Waals surface area contributed by atoms with Crippen molar-refractivity contribution in [1.29, 1.82) is 0 Å². The fourth-order valence-electron chi connectivity index (χ4n) is 2.98. The third kappa shape index (κ3) is 3.08. The van der Waals surface area contributed by atoms with Crippen LogP contribution in [-0.4, -0.2) is 13.1 Å². The Balaban J connectivity index is 1.81. The van der Waals surface area contributed by atoms with Crippen LogP contribution in [0.5, 0.6) is 0 Å². The smallest absolute Gasteiger partial charge is 0.00958 e. The first-order valence-corrected chi connectivity index (χ1v) is 7.37. The van der Waals surface area contributed by atoms with Crippen molar-refractivity contribution < 1.29 is 0 Å². The molecular weight excluding hydrogens is 214 g/mol. The minimum Gasteiger partial charge on any atom is -0.317 e. The minimum absolute atomic E-state index is 0.729. The van der Waals surface area contributed by atoms with Crippen molar-refractivity contribution >= 4 is 11.3 Å². The summed E-state index contributed by atoms with van der Waals surface area (Å²) in [6, 6.07) is 5.15. The van der Waals surface area contributed by atoms with Crippen molar-refractivity contribution in [2.24, 2.45) is 11.8 Å². The zero-order valence-corrected chi connectivity index (χ0v) is 11.2. The second-order valence-corrected chi connectivity index (χ2v) is 6.22. The van der Waals surface area contributed by atoms with Crippen molar-refractivity contribution in [2.75, 3.05) is 7.05 Å². The van der Waals surface area contributed by atoms with Crippen molar-refractivity contribution in [2.45, 2.75) is 45.1 Å². The first-order chi connectivity index (χ1) is 7.79. The molecule has 0 bridgehead atoms. The molecule has 3 unspecified atom stereocenters. The molecule has 90 valence electrons. The highest BCUT2D eigenvalue weighted by Crippen LogP contribution is 2.34. The molecule has 1 nitrogen and oxygen atoms in total. The Hall–Kier alpha value is -0.340. The van der Waals surface area contributed by atoms with Crippen molar-refractivity contribution in [1.82, 2.24) is 5.32 Å². The Labute approximate surface area is 103 Å². The van der Waals surface area contributed by atoms with E-state index in [4.69, 9.17) is 0 Å². The van der Waals surface area contributed by atoms with E-state index in [1.807, 2.05) is 11.3 Å². The zero-order chi connectivity index (χ0) is 11.4. The number of aryl methyl sites for hydroxylation is 1. The van der Waals surface area contributed by atoms with E-state index in [1.165, 1.54) is 37.0 Å². The quantitative estimate of drug-likeness (QED) is 0.823. The van der Waals surface area contributed by atoms with Gasteiger partial charge in [-0.05, 0) is 56.0 Å². The lowest BCUT2D eigenvalue weighted by Gasteiger charge is -2.22. The van der Waals surface area contributed by atoms with E-state index in [-0.39, 0.29) is 0 Å². The molecule has 1 aliphatic rings. The first-order valence-electron chi connectivity index (χ1n) is 6.49. The third-order valence-corrected chi connectivity index (χ3v) is 4.89. The fourth-order valence-corrected chi connectivity index (χ4v) is 3.71. The van der Waals surface area contributed by atoms with Gasteiger partial charge in [0.2, 0.25) is 0 Å². The highest BCUT2D eigenvalue weighted by Gasteiger charge is 2.27. The standard InChI is InChI=1S/C14H23NS/c1-11-5-6-12(10-11)14(15-2)8-7-13-4-3-9-16-13/h3-4,9,11-12,14-15H,5-8,10H2,1-2H3. The van der Waals surface area contributed by atoms with E-state index in [1.54, 1.807) is 0 Å². The van der Waals surface area contributed by atoms with Crippen LogP contribution in [0.4, 0.5) is 0 Å². The van der Waals surface area contributed by atoms with Gasteiger partial charge in [-0.1, -0.05) is 19.4 Å². The van der Waals surface area contributed by atoms with Crippen LogP contribution in [0.15, 0.2) is 17.5 Å². The summed E-state index contributed by atoms with van der Waals surface area (Å²) in [6.45, 7) is 2.39. The lowest BCUT2D eigenvalue weighted by Crippen LogP contribution is -2.32. The van der Waals surface area contributed by atoms with Crippen LogP contribution in [0.25, 0.3) is 0 Å². The summed E-state index contributed by atoms with van der Waals surface area (Å²) >= 11 is 1.89. The molecule has 1 fully saturated rings. The van der Waals surface area contributed by atoms with Crippen molar-refractivity contribution in [3.8, 4) is 0 Å². The summed E-state index contributed by atoms with van der Waals surface area (Å²) in [5, 5.41) is 5.71. The minimum atomic E-state index is 0.729. The maximum Gasteiger partial charge on any atom is 0.00958 e. The molecule has 2 rings (SSSR count). The summed E-state index contributed by atoms with van der Waals surface area (Å²) in [4.78, 5) is 1.53. The molecule has 2 heteroatoms. The van der Waals surface area contributed by atoms with Gasteiger partial charge in [0.1, 0.15) is 0 Å². The molecular formula is C14H23NS. The SMILES string of the molecule is CNC(CCc1cccs1)C1CCC(C)C1. The molecule has 0 radical (unpaired) electrons. The van der Waals surface area contributed by atoms with E-state index in [9.17, 15) is 0 Å². The average Bonchev–Trinajstić information content (AvgIpc) is 2.91. The Bertz CT molecular complexity index is 294. The van der Waals surface area contributed by atoms with Gasteiger partial charge in [-0.2, -0.15) is 0 Å². The monoisotopic (exact) mass is 237 g/mol. The number of hydrogen-bond donors (Lipinski definition) is 1. The maximum absolute atomic E-state index is 3.53. The molecule has 1 aromatic rings. The van der Waals surface area contributed by atoms with Crippen LogP contribution in [0.1, 0.15) is 37.5 Å². The van der Waals surface area contributed by atoms with Crippen molar-refractivity contribution in [3.63, 3.8) is 0 Å². The molecule has 1 aliphatic carbocycles. The van der Waals surface area contributed by atoms with Crippen LogP contribution in [0.3, 0.4) is 0 Å². The Morgan fingerprint density at radius 1 is 1.50 bits per heavy atom. The molecule has 1 aromatic heterocycles. The molecule has 0 aromatic carbocycles. The molecule has 0 amide bonds. The predicted octanol–water partition coefficient (Wildman–Crippen LogP) is 3.70. The number of nitrogens with one attached hydrogen (secondary N) is 1. The second-order valence-electron chi connectivity index (χ2n) is 5.19. The Morgan fingerprint density at radius 2 is 2.38 bits per heavy atom. The van der Waals surface area contributed by atoms with Crippen LogP contribution >= 0.6 is 11.3 Å². The summed E-state index contributed by atoms with van der Waals surface area (Å²) in [7, 11) is 2.13. The van der Waals surface area contributed by atoms with E-state index in [2.05, 4.69) is 36.8 Å².